The Labute approximate surface area is 336 Å². The average molecular weight is 840 g/mol. The second-order valence-electron chi connectivity index (χ2n) is 9.91. The van der Waals surface area contributed by atoms with E-state index in [9.17, 15) is 9.59 Å². The van der Waals surface area contributed by atoms with Crippen LogP contribution < -0.4 is 18.9 Å². The molecule has 0 aromatic heterocycles. The molecule has 0 fully saturated rings. The molecule has 12 nitrogen and oxygen atoms in total. The zero-order valence-corrected chi connectivity index (χ0v) is 31.3. The third-order valence-corrected chi connectivity index (χ3v) is 8.29. The van der Waals surface area contributed by atoms with Crippen LogP contribution in [-0.4, -0.2) is 45.9 Å². The van der Waals surface area contributed by atoms with E-state index in [4.69, 9.17) is 90.2 Å². The van der Waals surface area contributed by atoms with E-state index in [0.717, 1.165) is 11.1 Å². The molecule has 0 bridgehead atoms. The molecule has 0 unspecified atom stereocenters. The minimum Gasteiger partial charge on any atom is -0.781 e. The summed E-state index contributed by atoms with van der Waals surface area (Å²) in [6.45, 7) is 5.86. The summed E-state index contributed by atoms with van der Waals surface area (Å²) in [6, 6.07) is 26.8. The topological polar surface area (TPSA) is 170 Å². The zero-order valence-electron chi connectivity index (χ0n) is 27.1. The number of aliphatic carboxylic acids is 2. The van der Waals surface area contributed by atoms with Crippen molar-refractivity contribution in [2.45, 2.75) is 0 Å². The van der Waals surface area contributed by atoms with Crippen molar-refractivity contribution in [1.29, 1.82) is 0 Å². The van der Waals surface area contributed by atoms with Gasteiger partial charge in [-0.3, -0.25) is 0 Å². The Morgan fingerprint density at radius 3 is 0.906 bits per heavy atom. The van der Waals surface area contributed by atoms with Crippen LogP contribution in [0.2, 0.25) is 0 Å². The van der Waals surface area contributed by atoms with Crippen LogP contribution in [0.4, 0.5) is 0 Å². The molecule has 4 aromatic carbocycles. The molecule has 0 radical (unpaired) electrons. The third kappa shape index (κ3) is 14.4. The molecule has 0 aliphatic heterocycles. The van der Waals surface area contributed by atoms with E-state index in [0.29, 0.717) is 53.7 Å². The summed E-state index contributed by atoms with van der Waals surface area (Å²) in [5, 5.41) is 34.0. The summed E-state index contributed by atoms with van der Waals surface area (Å²) in [5.74, 6) is -0.902. The van der Waals surface area contributed by atoms with Crippen molar-refractivity contribution in [2.75, 3.05) is 13.2 Å². The van der Waals surface area contributed by atoms with Crippen LogP contribution in [0.3, 0.4) is 0 Å². The van der Waals surface area contributed by atoms with E-state index in [2.05, 4.69) is 22.9 Å². The van der Waals surface area contributed by atoms with Crippen molar-refractivity contribution >= 4 is 82.1 Å². The molecule has 4 N–H and O–H groups in total. The van der Waals surface area contributed by atoms with Gasteiger partial charge in [0.1, 0.15) is 23.0 Å². The standard InChI is InChI=1S/2C18H16O6S2.Ni/c1-11(23-19)21-15-7-3-13(4-8-15)17(25)18(26)14-5-9-16(10-6-14)22-12(2)24-20;19-15(20)9-23-13-5-1-11(2-6-13)17(25)18(26)12-3-7-14(8-4-12)24-10-16(21)22;/h3-10,19-20,25-26H,1-2H2;1-8,25-26H,9-10H2,(H,19,20)(H,21,22);/p-4/b2*18-17-;. The second kappa shape index (κ2) is 22.1. The zero-order chi connectivity index (χ0) is 38.2. The maximum absolute atomic E-state index is 10.5. The van der Waals surface area contributed by atoms with Gasteiger partial charge >= 0.3 is 23.8 Å². The number of hydrogen-bond acceptors (Lipinski definition) is 14. The molecule has 0 aliphatic rings. The number of carbonyl (C=O) groups is 2. The number of rotatable bonds is 16. The van der Waals surface area contributed by atoms with Crippen LogP contribution in [0.15, 0.2) is 122 Å². The van der Waals surface area contributed by atoms with Gasteiger partial charge < -0.3 is 89.5 Å². The fourth-order valence-corrected chi connectivity index (χ4v) is 4.88. The average Bonchev–Trinajstić information content (AvgIpc) is 3.16. The molecule has 4 rings (SSSR count). The predicted octanol–water partition coefficient (Wildman–Crippen LogP) is 6.82. The maximum Gasteiger partial charge on any atom is 0.341 e. The molecular formula is C36H28NiO12S4-4. The number of carboxylic acids is 2. The molecule has 0 spiro atoms. The summed E-state index contributed by atoms with van der Waals surface area (Å²) in [4.78, 5) is 30.6. The first-order valence-corrected chi connectivity index (χ1v) is 16.1. The Bertz CT molecular complexity index is 1780. The van der Waals surface area contributed by atoms with Gasteiger partial charge in [0.05, 0.1) is 0 Å². The summed E-state index contributed by atoms with van der Waals surface area (Å²) < 4.78 is 20.3. The maximum atomic E-state index is 10.5. The van der Waals surface area contributed by atoms with Crippen molar-refractivity contribution in [3.05, 3.63) is 144 Å². The van der Waals surface area contributed by atoms with Gasteiger partial charge in [-0.25, -0.2) is 9.59 Å². The van der Waals surface area contributed by atoms with Gasteiger partial charge in [-0.15, -0.1) is 0 Å². The molecule has 282 valence electrons. The monoisotopic (exact) mass is 838 g/mol. The Morgan fingerprint density at radius 2 is 0.698 bits per heavy atom. The predicted molar refractivity (Wildman–Crippen MR) is 202 cm³/mol. The molecule has 0 amide bonds. The van der Waals surface area contributed by atoms with E-state index in [1.807, 2.05) is 0 Å². The van der Waals surface area contributed by atoms with E-state index in [1.54, 1.807) is 97.1 Å². The second-order valence-corrected chi connectivity index (χ2v) is 11.5. The Hall–Kier alpha value is -5.13. The molecule has 53 heavy (non-hydrogen) atoms. The SMILES string of the molecule is C=C(OO)Oc1ccc(/C([S-])=C(/[S-])c2ccc(OC(=C)OO)cc2)cc1.O=C(O)COc1ccc(/C([S-])=C(/[S-])c2ccc(OCC(=O)O)cc2)cc1.[Ni]. The van der Waals surface area contributed by atoms with E-state index in [-0.39, 0.29) is 28.4 Å². The Kier molecular flexibility index (Phi) is 18.3. The van der Waals surface area contributed by atoms with Crippen LogP contribution >= 0.6 is 0 Å². The number of carboxylic acid groups (broad SMARTS) is 2. The molecule has 0 atom stereocenters. The van der Waals surface area contributed by atoms with Crippen molar-refractivity contribution in [3.63, 3.8) is 0 Å². The number of hydrogen-bond donors (Lipinski definition) is 4. The van der Waals surface area contributed by atoms with Gasteiger partial charge in [0.25, 0.3) is 0 Å². The van der Waals surface area contributed by atoms with Gasteiger partial charge in [0.15, 0.2) is 13.2 Å². The fourth-order valence-electron chi connectivity index (χ4n) is 3.87. The van der Waals surface area contributed by atoms with Crippen molar-refractivity contribution in [3.8, 4) is 23.0 Å². The first-order chi connectivity index (χ1) is 24.8. The molecule has 0 aliphatic carbocycles. The van der Waals surface area contributed by atoms with Crippen LogP contribution in [-0.2, 0) is 86.4 Å². The van der Waals surface area contributed by atoms with Crippen LogP contribution in [0.1, 0.15) is 22.3 Å². The minimum atomic E-state index is -1.05. The smallest absolute Gasteiger partial charge is 0.341 e. The third-order valence-electron chi connectivity index (χ3n) is 6.27. The quantitative estimate of drug-likeness (QED) is 0.0231. The van der Waals surface area contributed by atoms with Gasteiger partial charge in [0.2, 0.25) is 0 Å². The Morgan fingerprint density at radius 1 is 0.472 bits per heavy atom. The molecular weight excluding hydrogens is 811 g/mol. The number of ether oxygens (including phenoxy) is 4. The summed E-state index contributed by atoms with van der Waals surface area (Å²) in [5.41, 5.74) is 2.88. The minimum absolute atomic E-state index is 0. The van der Waals surface area contributed by atoms with Crippen molar-refractivity contribution in [2.24, 2.45) is 0 Å². The summed E-state index contributed by atoms with van der Waals surface area (Å²) in [6.07, 6.45) is 0. The Balaban J connectivity index is 0.000000360. The first kappa shape index (κ1) is 44.0. The molecule has 0 heterocycles. The van der Waals surface area contributed by atoms with Crippen molar-refractivity contribution < 1.29 is 75.5 Å². The van der Waals surface area contributed by atoms with E-state index < -0.39 is 25.2 Å². The molecule has 0 saturated carbocycles. The van der Waals surface area contributed by atoms with Gasteiger partial charge in [-0.1, -0.05) is 48.5 Å². The van der Waals surface area contributed by atoms with E-state index in [1.165, 1.54) is 0 Å². The normalized spacial score (nSPS) is 11.1. The van der Waals surface area contributed by atoms with Gasteiger partial charge in [0, 0.05) is 16.5 Å². The van der Waals surface area contributed by atoms with Gasteiger partial charge in [-0.2, -0.15) is 30.1 Å². The summed E-state index contributed by atoms with van der Waals surface area (Å²) >= 11 is 21.7. The van der Waals surface area contributed by atoms with Crippen LogP contribution in [0.25, 0.3) is 19.6 Å². The van der Waals surface area contributed by atoms with Gasteiger partial charge in [-0.05, 0) is 83.9 Å². The molecule has 17 heteroatoms. The molecule has 4 aromatic rings. The van der Waals surface area contributed by atoms with Crippen LogP contribution in [0.5, 0.6) is 23.0 Å². The van der Waals surface area contributed by atoms with E-state index >= 15 is 0 Å². The first-order valence-electron chi connectivity index (χ1n) is 14.4. The largest absolute Gasteiger partial charge is 0.781 e. The summed E-state index contributed by atoms with van der Waals surface area (Å²) in [7, 11) is 0. The van der Waals surface area contributed by atoms with Crippen molar-refractivity contribution in [1.82, 2.24) is 0 Å². The number of benzene rings is 4. The fraction of sp³-hybridized carbons (Fsp3) is 0.0556. The van der Waals surface area contributed by atoms with Crippen LogP contribution in [0, 0.1) is 0 Å². The molecule has 0 saturated heterocycles.